The number of hydrogen-bond donors (Lipinski definition) is 1. The second-order valence-corrected chi connectivity index (χ2v) is 7.30. The van der Waals surface area contributed by atoms with E-state index in [1.165, 1.54) is 0 Å². The van der Waals surface area contributed by atoms with Gasteiger partial charge in [-0.1, -0.05) is 43.2 Å². The van der Waals surface area contributed by atoms with E-state index in [1.807, 2.05) is 55.5 Å². The molecular weight excluding hydrogens is 380 g/mol. The molecule has 1 atom stereocenters. The lowest BCUT2D eigenvalue weighted by atomic mass is 10.1. The van der Waals surface area contributed by atoms with Crippen molar-refractivity contribution in [1.29, 1.82) is 0 Å². The molecule has 0 saturated carbocycles. The Hall–Kier alpha value is -3.02. The fourth-order valence-electron chi connectivity index (χ4n) is 2.95. The van der Waals surface area contributed by atoms with Crippen molar-refractivity contribution in [3.05, 3.63) is 59.7 Å². The molecule has 6 nitrogen and oxygen atoms in total. The van der Waals surface area contributed by atoms with Gasteiger partial charge in [0.2, 0.25) is 5.91 Å². The van der Waals surface area contributed by atoms with E-state index in [9.17, 15) is 9.59 Å². The monoisotopic (exact) mass is 412 g/mol. The van der Waals surface area contributed by atoms with Crippen molar-refractivity contribution < 1.29 is 19.1 Å². The molecule has 2 aromatic rings. The van der Waals surface area contributed by atoms with Gasteiger partial charge >= 0.3 is 0 Å². The summed E-state index contributed by atoms with van der Waals surface area (Å²) < 4.78 is 10.9. The predicted octanol–water partition coefficient (Wildman–Crippen LogP) is 3.72. The lowest BCUT2D eigenvalue weighted by Gasteiger charge is -2.29. The van der Waals surface area contributed by atoms with E-state index in [2.05, 4.69) is 12.2 Å². The molecule has 2 aromatic carbocycles. The van der Waals surface area contributed by atoms with Gasteiger partial charge in [0, 0.05) is 13.1 Å². The highest BCUT2D eigenvalue weighted by Gasteiger charge is 2.26. The molecule has 0 heterocycles. The van der Waals surface area contributed by atoms with Crippen molar-refractivity contribution in [1.82, 2.24) is 10.2 Å². The topological polar surface area (TPSA) is 67.9 Å². The Balaban J connectivity index is 2.12. The van der Waals surface area contributed by atoms with Crippen LogP contribution in [0.15, 0.2) is 48.5 Å². The minimum absolute atomic E-state index is 0.139. The van der Waals surface area contributed by atoms with Gasteiger partial charge in [-0.3, -0.25) is 9.59 Å². The highest BCUT2D eigenvalue weighted by molar-refractivity contribution is 5.87. The van der Waals surface area contributed by atoms with Crippen LogP contribution in [0.1, 0.15) is 37.8 Å². The number of nitrogens with zero attached hydrogens (tertiary/aromatic N) is 1. The average Bonchev–Trinajstić information content (AvgIpc) is 2.76. The third-order valence-corrected chi connectivity index (χ3v) is 4.87. The summed E-state index contributed by atoms with van der Waals surface area (Å²) in [7, 11) is 1.60. The van der Waals surface area contributed by atoms with Gasteiger partial charge in [-0.2, -0.15) is 0 Å². The molecule has 0 aliphatic heterocycles. The smallest absolute Gasteiger partial charge is 0.261 e. The lowest BCUT2D eigenvalue weighted by molar-refractivity contribution is -0.142. The van der Waals surface area contributed by atoms with Crippen LogP contribution in [0.5, 0.6) is 11.5 Å². The largest absolute Gasteiger partial charge is 0.497 e. The van der Waals surface area contributed by atoms with Crippen molar-refractivity contribution in [3.63, 3.8) is 0 Å². The maximum absolute atomic E-state index is 13.0. The molecule has 0 radical (unpaired) electrons. The molecule has 1 unspecified atom stereocenters. The highest BCUT2D eigenvalue weighted by Crippen LogP contribution is 2.17. The van der Waals surface area contributed by atoms with Crippen LogP contribution in [-0.2, 0) is 16.1 Å². The highest BCUT2D eigenvalue weighted by atomic mass is 16.5. The Morgan fingerprint density at radius 1 is 1.10 bits per heavy atom. The van der Waals surface area contributed by atoms with Gasteiger partial charge in [0.1, 0.15) is 17.5 Å². The van der Waals surface area contributed by atoms with Gasteiger partial charge in [-0.05, 0) is 50.1 Å². The van der Waals surface area contributed by atoms with Crippen LogP contribution in [0.3, 0.4) is 0 Å². The number of benzene rings is 2. The summed E-state index contributed by atoms with van der Waals surface area (Å²) in [6.07, 6.45) is 1.89. The van der Waals surface area contributed by atoms with Crippen molar-refractivity contribution in [2.75, 3.05) is 20.3 Å². The third-order valence-electron chi connectivity index (χ3n) is 4.87. The SMILES string of the molecule is CCCCNC(=O)C(C)N(Cc1cccc(OC)c1)C(=O)COc1ccc(C)cc1. The number of amides is 2. The number of carbonyl (C=O) groups excluding carboxylic acids is 2. The third kappa shape index (κ3) is 7.10. The van der Waals surface area contributed by atoms with E-state index in [0.29, 0.717) is 18.0 Å². The van der Waals surface area contributed by atoms with Gasteiger partial charge in [0.25, 0.3) is 5.91 Å². The zero-order valence-electron chi connectivity index (χ0n) is 18.3. The molecule has 2 rings (SSSR count). The molecule has 0 saturated heterocycles. The standard InChI is InChI=1S/C24H32N2O4/c1-5-6-14-25-24(28)19(3)26(16-20-8-7-9-22(15-20)29-4)23(27)17-30-21-12-10-18(2)11-13-21/h7-13,15,19H,5-6,14,16-17H2,1-4H3,(H,25,28). The van der Waals surface area contributed by atoms with Crippen molar-refractivity contribution in [3.8, 4) is 11.5 Å². The van der Waals surface area contributed by atoms with E-state index >= 15 is 0 Å². The predicted molar refractivity (Wildman–Crippen MR) is 118 cm³/mol. The molecule has 6 heteroatoms. The number of rotatable bonds is 11. The van der Waals surface area contributed by atoms with E-state index in [0.717, 1.165) is 24.0 Å². The van der Waals surface area contributed by atoms with Gasteiger partial charge in [-0.15, -0.1) is 0 Å². The molecule has 0 aliphatic rings. The molecule has 0 spiro atoms. The first kappa shape index (κ1) is 23.3. The van der Waals surface area contributed by atoms with Crippen molar-refractivity contribution >= 4 is 11.8 Å². The molecule has 30 heavy (non-hydrogen) atoms. The summed E-state index contributed by atoms with van der Waals surface area (Å²) in [6.45, 7) is 6.54. The molecule has 2 amide bonds. The Labute approximate surface area is 179 Å². The van der Waals surface area contributed by atoms with E-state index in [-0.39, 0.29) is 25.0 Å². The normalized spacial score (nSPS) is 11.5. The first-order chi connectivity index (χ1) is 14.4. The maximum atomic E-state index is 13.0. The number of unbranched alkanes of at least 4 members (excludes halogenated alkanes) is 1. The second kappa shape index (κ2) is 11.9. The summed E-state index contributed by atoms with van der Waals surface area (Å²) in [5.74, 6) is 0.901. The van der Waals surface area contributed by atoms with E-state index in [4.69, 9.17) is 9.47 Å². The maximum Gasteiger partial charge on any atom is 0.261 e. The van der Waals surface area contributed by atoms with Crippen molar-refractivity contribution in [2.45, 2.75) is 46.2 Å². The van der Waals surface area contributed by atoms with E-state index < -0.39 is 6.04 Å². The molecule has 162 valence electrons. The first-order valence-corrected chi connectivity index (χ1v) is 10.3. The van der Waals surface area contributed by atoms with Crippen LogP contribution < -0.4 is 14.8 Å². The minimum atomic E-state index is -0.623. The Bertz CT molecular complexity index is 820. The summed E-state index contributed by atoms with van der Waals surface area (Å²) in [6, 6.07) is 14.4. The number of aryl methyl sites for hydroxylation is 1. The summed E-state index contributed by atoms with van der Waals surface area (Å²) in [5.41, 5.74) is 2.00. The van der Waals surface area contributed by atoms with Crippen LogP contribution in [0.4, 0.5) is 0 Å². The molecule has 0 aliphatic carbocycles. The van der Waals surface area contributed by atoms with E-state index in [1.54, 1.807) is 18.9 Å². The van der Waals surface area contributed by atoms with Crippen LogP contribution in [0.25, 0.3) is 0 Å². The zero-order valence-corrected chi connectivity index (χ0v) is 18.3. The quantitative estimate of drug-likeness (QED) is 0.571. The molecule has 1 N–H and O–H groups in total. The van der Waals surface area contributed by atoms with Crippen molar-refractivity contribution in [2.24, 2.45) is 0 Å². The summed E-state index contributed by atoms with van der Waals surface area (Å²) in [4.78, 5) is 27.2. The second-order valence-electron chi connectivity index (χ2n) is 7.30. The Morgan fingerprint density at radius 2 is 1.83 bits per heavy atom. The fraction of sp³-hybridized carbons (Fsp3) is 0.417. The Kier molecular flexibility index (Phi) is 9.19. The average molecular weight is 413 g/mol. The van der Waals surface area contributed by atoms with Crippen LogP contribution >= 0.6 is 0 Å². The zero-order chi connectivity index (χ0) is 21.9. The summed E-state index contributed by atoms with van der Waals surface area (Å²) >= 11 is 0. The van der Waals surface area contributed by atoms with Crippen LogP contribution in [0.2, 0.25) is 0 Å². The fourth-order valence-corrected chi connectivity index (χ4v) is 2.95. The van der Waals surface area contributed by atoms with Gasteiger partial charge in [0.05, 0.1) is 7.11 Å². The van der Waals surface area contributed by atoms with Gasteiger partial charge in [-0.25, -0.2) is 0 Å². The molecule has 0 fully saturated rings. The lowest BCUT2D eigenvalue weighted by Crippen LogP contribution is -2.49. The number of nitrogens with one attached hydrogen (secondary N) is 1. The van der Waals surface area contributed by atoms with Crippen LogP contribution in [-0.4, -0.2) is 43.0 Å². The summed E-state index contributed by atoms with van der Waals surface area (Å²) in [5, 5.41) is 2.91. The number of ether oxygens (including phenoxy) is 2. The molecular formula is C24H32N2O4. The minimum Gasteiger partial charge on any atom is -0.497 e. The number of hydrogen-bond acceptors (Lipinski definition) is 4. The molecule has 0 aromatic heterocycles. The van der Waals surface area contributed by atoms with Gasteiger partial charge < -0.3 is 19.7 Å². The number of carbonyl (C=O) groups is 2. The molecule has 0 bridgehead atoms. The Morgan fingerprint density at radius 3 is 2.50 bits per heavy atom. The first-order valence-electron chi connectivity index (χ1n) is 10.3. The number of methoxy groups -OCH3 is 1. The van der Waals surface area contributed by atoms with Crippen LogP contribution in [0, 0.1) is 6.92 Å². The van der Waals surface area contributed by atoms with Gasteiger partial charge in [0.15, 0.2) is 6.61 Å².